The molecule has 1 aromatic carbocycles. The molecule has 1 fully saturated rings. The van der Waals surface area contributed by atoms with Crippen LogP contribution in [0.5, 0.6) is 0 Å². The molecule has 0 saturated carbocycles. The van der Waals surface area contributed by atoms with Crippen molar-refractivity contribution < 1.29 is 19.7 Å². The van der Waals surface area contributed by atoms with Crippen molar-refractivity contribution in [1.82, 2.24) is 10.2 Å². The van der Waals surface area contributed by atoms with Crippen LogP contribution in [0.3, 0.4) is 0 Å². The standard InChI is InChI=1S/C16H20N4O4S/c1-8-4-3-5-9(2)13(8)17-15(23)18-16-20-19-14(25-16)11-6-10(22)12(7-21)24-11/h3-5,10-12,21-22H,6-7H2,1-2H3,(H2,17,18,20,23)/t10-,11-,12+/m0/s1. The zero-order valence-electron chi connectivity index (χ0n) is 13.9. The topological polar surface area (TPSA) is 117 Å². The maximum absolute atomic E-state index is 12.2. The molecule has 1 aliphatic rings. The van der Waals surface area contributed by atoms with Gasteiger partial charge in [-0.15, -0.1) is 10.2 Å². The number of aromatic nitrogens is 2. The summed E-state index contributed by atoms with van der Waals surface area (Å²) in [5.41, 5.74) is 2.70. The first-order valence-electron chi connectivity index (χ1n) is 7.90. The minimum Gasteiger partial charge on any atom is -0.394 e. The lowest BCUT2D eigenvalue weighted by Gasteiger charge is -2.11. The van der Waals surface area contributed by atoms with E-state index in [0.717, 1.165) is 16.8 Å². The second kappa shape index (κ2) is 7.44. The summed E-state index contributed by atoms with van der Waals surface area (Å²) in [5, 5.41) is 33.2. The molecule has 0 bridgehead atoms. The highest BCUT2D eigenvalue weighted by molar-refractivity contribution is 7.15. The molecule has 2 amide bonds. The highest BCUT2D eigenvalue weighted by atomic mass is 32.1. The fourth-order valence-electron chi connectivity index (χ4n) is 2.72. The number of benzene rings is 1. The Labute approximate surface area is 148 Å². The lowest BCUT2D eigenvalue weighted by atomic mass is 10.1. The summed E-state index contributed by atoms with van der Waals surface area (Å²) < 4.78 is 5.53. The molecule has 3 atom stereocenters. The van der Waals surface area contributed by atoms with E-state index in [0.29, 0.717) is 16.6 Å². The monoisotopic (exact) mass is 364 g/mol. The van der Waals surface area contributed by atoms with Gasteiger partial charge in [0.05, 0.1) is 12.7 Å². The molecule has 4 N–H and O–H groups in total. The van der Waals surface area contributed by atoms with Crippen LogP contribution < -0.4 is 10.6 Å². The Hall–Kier alpha value is -2.07. The smallest absolute Gasteiger partial charge is 0.325 e. The Kier molecular flexibility index (Phi) is 5.28. The third-order valence-corrected chi connectivity index (χ3v) is 4.99. The molecule has 8 nitrogen and oxygen atoms in total. The van der Waals surface area contributed by atoms with E-state index < -0.39 is 24.3 Å². The highest BCUT2D eigenvalue weighted by Crippen LogP contribution is 2.35. The van der Waals surface area contributed by atoms with E-state index in [1.807, 2.05) is 32.0 Å². The molecular weight excluding hydrogens is 344 g/mol. The second-order valence-corrected chi connectivity index (χ2v) is 6.95. The molecule has 1 aromatic heterocycles. The van der Waals surface area contributed by atoms with E-state index in [1.54, 1.807) is 0 Å². The largest absolute Gasteiger partial charge is 0.394 e. The first-order chi connectivity index (χ1) is 12.0. The maximum Gasteiger partial charge on any atom is 0.325 e. The minimum absolute atomic E-state index is 0.250. The Morgan fingerprint density at radius 3 is 2.68 bits per heavy atom. The van der Waals surface area contributed by atoms with E-state index in [-0.39, 0.29) is 6.61 Å². The molecule has 0 radical (unpaired) electrons. The van der Waals surface area contributed by atoms with Gasteiger partial charge >= 0.3 is 6.03 Å². The number of amides is 2. The summed E-state index contributed by atoms with van der Waals surface area (Å²) >= 11 is 1.18. The number of aliphatic hydroxyl groups is 2. The number of hydrogen-bond acceptors (Lipinski definition) is 7. The van der Waals surface area contributed by atoms with Crippen LogP contribution in [0.15, 0.2) is 18.2 Å². The third kappa shape index (κ3) is 3.96. The maximum atomic E-state index is 12.2. The molecule has 25 heavy (non-hydrogen) atoms. The molecule has 134 valence electrons. The normalized spacial score (nSPS) is 22.8. The fraction of sp³-hybridized carbons (Fsp3) is 0.438. The number of para-hydroxylation sites is 1. The van der Waals surface area contributed by atoms with Crippen molar-refractivity contribution in [2.45, 2.75) is 38.6 Å². The van der Waals surface area contributed by atoms with Crippen molar-refractivity contribution in [3.8, 4) is 0 Å². The average molecular weight is 364 g/mol. The first-order valence-corrected chi connectivity index (χ1v) is 8.71. The van der Waals surface area contributed by atoms with Crippen molar-refractivity contribution in [1.29, 1.82) is 0 Å². The zero-order valence-corrected chi connectivity index (χ0v) is 14.7. The summed E-state index contributed by atoms with van der Waals surface area (Å²) in [7, 11) is 0. The number of rotatable bonds is 4. The van der Waals surface area contributed by atoms with Crippen molar-refractivity contribution >= 4 is 28.2 Å². The lowest BCUT2D eigenvalue weighted by Crippen LogP contribution is -2.24. The van der Waals surface area contributed by atoms with E-state index in [4.69, 9.17) is 9.84 Å². The predicted molar refractivity (Wildman–Crippen MR) is 93.8 cm³/mol. The quantitative estimate of drug-likeness (QED) is 0.659. The van der Waals surface area contributed by atoms with E-state index in [2.05, 4.69) is 20.8 Å². The highest BCUT2D eigenvalue weighted by Gasteiger charge is 2.36. The number of urea groups is 1. The van der Waals surface area contributed by atoms with Crippen molar-refractivity contribution in [3.63, 3.8) is 0 Å². The molecule has 2 aromatic rings. The summed E-state index contributed by atoms with van der Waals surface area (Å²) in [6, 6.07) is 5.37. The minimum atomic E-state index is -0.734. The SMILES string of the molecule is Cc1cccc(C)c1NC(=O)Nc1nnc([C@@H]2C[C@H](O)[C@@H](CO)O2)s1. The van der Waals surface area contributed by atoms with Gasteiger partial charge in [0.15, 0.2) is 0 Å². The van der Waals surface area contributed by atoms with Gasteiger partial charge in [0.1, 0.15) is 17.2 Å². The van der Waals surface area contributed by atoms with Crippen molar-refractivity contribution in [3.05, 3.63) is 34.3 Å². The molecule has 2 heterocycles. The summed E-state index contributed by atoms with van der Waals surface area (Å²) in [5.74, 6) is 0. The van der Waals surface area contributed by atoms with E-state index in [9.17, 15) is 9.90 Å². The molecule has 0 unspecified atom stereocenters. The third-order valence-electron chi connectivity index (χ3n) is 4.06. The van der Waals surface area contributed by atoms with Gasteiger partial charge < -0.3 is 20.3 Å². The van der Waals surface area contributed by atoms with Gasteiger partial charge in [-0.3, -0.25) is 5.32 Å². The summed E-state index contributed by atoms with van der Waals surface area (Å²) in [6.07, 6.45) is -1.43. The molecule has 1 saturated heterocycles. The number of nitrogens with zero attached hydrogens (tertiary/aromatic N) is 2. The second-order valence-electron chi connectivity index (χ2n) is 5.94. The van der Waals surface area contributed by atoms with Crippen LogP contribution in [0.1, 0.15) is 28.7 Å². The Balaban J connectivity index is 1.63. The molecular formula is C16H20N4O4S. The average Bonchev–Trinajstić information content (AvgIpc) is 3.17. The summed E-state index contributed by atoms with van der Waals surface area (Å²) in [6.45, 7) is 3.59. The number of anilines is 2. The molecule has 0 spiro atoms. The van der Waals surface area contributed by atoms with Gasteiger partial charge in [0.2, 0.25) is 5.13 Å². The number of nitrogens with one attached hydrogen (secondary N) is 2. The first kappa shape index (κ1) is 17.7. The molecule has 3 rings (SSSR count). The zero-order chi connectivity index (χ0) is 18.0. The van der Waals surface area contributed by atoms with Gasteiger partial charge in [-0.25, -0.2) is 4.79 Å². The summed E-state index contributed by atoms with van der Waals surface area (Å²) in [4.78, 5) is 12.2. The number of hydrogen-bond donors (Lipinski definition) is 4. The van der Waals surface area contributed by atoms with Crippen LogP contribution in [0.4, 0.5) is 15.6 Å². The lowest BCUT2D eigenvalue weighted by molar-refractivity contribution is -0.0227. The molecule has 1 aliphatic heterocycles. The number of carbonyl (C=O) groups excluding carboxylic acids is 1. The van der Waals surface area contributed by atoms with Gasteiger partial charge in [0.25, 0.3) is 0 Å². The molecule has 9 heteroatoms. The van der Waals surface area contributed by atoms with Gasteiger partial charge in [-0.2, -0.15) is 0 Å². The predicted octanol–water partition coefficient (Wildman–Crippen LogP) is 1.98. The van der Waals surface area contributed by atoms with Gasteiger partial charge in [-0.05, 0) is 25.0 Å². The number of aliphatic hydroxyl groups excluding tert-OH is 2. The fourth-order valence-corrected chi connectivity index (χ4v) is 3.51. The van der Waals surface area contributed by atoms with E-state index >= 15 is 0 Å². The van der Waals surface area contributed by atoms with E-state index in [1.165, 1.54) is 11.3 Å². The van der Waals surface area contributed by atoms with Gasteiger partial charge in [0, 0.05) is 12.1 Å². The van der Waals surface area contributed by atoms with Crippen molar-refractivity contribution in [2.75, 3.05) is 17.2 Å². The molecule has 0 aliphatic carbocycles. The van der Waals surface area contributed by atoms with Crippen LogP contribution in [0.2, 0.25) is 0 Å². The van der Waals surface area contributed by atoms with Gasteiger partial charge in [-0.1, -0.05) is 29.5 Å². The Morgan fingerprint density at radius 1 is 1.32 bits per heavy atom. The van der Waals surface area contributed by atoms with Crippen molar-refractivity contribution in [2.24, 2.45) is 0 Å². The van der Waals surface area contributed by atoms with Crippen LogP contribution in [0, 0.1) is 13.8 Å². The number of carbonyl (C=O) groups is 1. The van der Waals surface area contributed by atoms with Crippen LogP contribution in [-0.2, 0) is 4.74 Å². The van der Waals surface area contributed by atoms with Crippen LogP contribution in [-0.4, -0.2) is 45.3 Å². The van der Waals surface area contributed by atoms with Crippen LogP contribution in [0.25, 0.3) is 0 Å². The Bertz CT molecular complexity index is 746. The van der Waals surface area contributed by atoms with Crippen LogP contribution >= 0.6 is 11.3 Å². The Morgan fingerprint density at radius 2 is 2.04 bits per heavy atom. The number of ether oxygens (including phenoxy) is 1. The number of aryl methyl sites for hydroxylation is 2.